The van der Waals surface area contributed by atoms with Gasteiger partial charge in [-0.1, -0.05) is 60.7 Å². The Kier molecular flexibility index (Phi) is 7.28. The van der Waals surface area contributed by atoms with Crippen molar-refractivity contribution in [3.63, 3.8) is 0 Å². The van der Waals surface area contributed by atoms with Gasteiger partial charge in [-0.2, -0.15) is 0 Å². The highest BCUT2D eigenvalue weighted by Crippen LogP contribution is 2.18. The smallest absolute Gasteiger partial charge is 0.104 e. The molecule has 1 saturated heterocycles. The van der Waals surface area contributed by atoms with E-state index in [1.54, 1.807) is 0 Å². The van der Waals surface area contributed by atoms with Crippen molar-refractivity contribution in [2.75, 3.05) is 59.4 Å². The number of likely N-dealkylation sites (N-methyl/N-ethyl adjacent to an activating group) is 2. The largest absolute Gasteiger partial charge is 0.320 e. The predicted molar refractivity (Wildman–Crippen MR) is 119 cm³/mol. The molecule has 152 valence electrons. The van der Waals surface area contributed by atoms with Crippen molar-refractivity contribution in [1.29, 1.82) is 0 Å². The molecule has 2 aromatic carbocycles. The fourth-order valence-corrected chi connectivity index (χ4v) is 4.56. The lowest BCUT2D eigenvalue weighted by Gasteiger charge is -2.44. The quantitative estimate of drug-likeness (QED) is 0.593. The van der Waals surface area contributed by atoms with Crippen LogP contribution in [0.4, 0.5) is 0 Å². The first-order chi connectivity index (χ1) is 13.6. The highest BCUT2D eigenvalue weighted by atomic mass is 15.4. The number of benzene rings is 2. The zero-order valence-corrected chi connectivity index (χ0v) is 18.2. The van der Waals surface area contributed by atoms with Crippen LogP contribution in [0.2, 0.25) is 0 Å². The Morgan fingerprint density at radius 2 is 1.36 bits per heavy atom. The van der Waals surface area contributed by atoms with Crippen LogP contribution >= 0.6 is 0 Å². The summed E-state index contributed by atoms with van der Waals surface area (Å²) in [6.07, 6.45) is 0. The van der Waals surface area contributed by atoms with E-state index in [9.17, 15) is 0 Å². The van der Waals surface area contributed by atoms with Gasteiger partial charge in [0.1, 0.15) is 13.1 Å². The SMILES string of the molecule is CC[N+](CC)(CCN1CC[N+](C)(Cc2ccccc2)CC1)Cc1ccccc1. The second kappa shape index (κ2) is 9.69. The first-order valence-corrected chi connectivity index (χ1v) is 11.1. The Labute approximate surface area is 172 Å². The van der Waals surface area contributed by atoms with E-state index in [2.05, 4.69) is 86.5 Å². The van der Waals surface area contributed by atoms with Crippen LogP contribution in [0.25, 0.3) is 0 Å². The van der Waals surface area contributed by atoms with Crippen LogP contribution in [0.15, 0.2) is 60.7 Å². The molecule has 0 N–H and O–H groups in total. The molecule has 0 atom stereocenters. The number of piperazine rings is 1. The average Bonchev–Trinajstić information content (AvgIpc) is 2.74. The van der Waals surface area contributed by atoms with E-state index >= 15 is 0 Å². The van der Waals surface area contributed by atoms with Gasteiger partial charge < -0.3 is 8.97 Å². The van der Waals surface area contributed by atoms with Crippen LogP contribution in [0.1, 0.15) is 25.0 Å². The monoisotopic (exact) mass is 381 g/mol. The lowest BCUT2D eigenvalue weighted by Crippen LogP contribution is -2.58. The minimum Gasteiger partial charge on any atom is -0.320 e. The molecule has 1 heterocycles. The van der Waals surface area contributed by atoms with Gasteiger partial charge in [-0.25, -0.2) is 0 Å². The Hall–Kier alpha value is -1.68. The van der Waals surface area contributed by atoms with Gasteiger partial charge in [-0.05, 0) is 13.8 Å². The fraction of sp³-hybridized carbons (Fsp3) is 0.520. The summed E-state index contributed by atoms with van der Waals surface area (Å²) in [7, 11) is 2.43. The Balaban J connectivity index is 1.51. The molecule has 0 spiro atoms. The Morgan fingerprint density at radius 1 is 0.821 bits per heavy atom. The third-order valence-corrected chi connectivity index (χ3v) is 6.91. The van der Waals surface area contributed by atoms with Crippen molar-refractivity contribution in [1.82, 2.24) is 4.90 Å². The van der Waals surface area contributed by atoms with Crippen molar-refractivity contribution >= 4 is 0 Å². The van der Waals surface area contributed by atoms with Gasteiger partial charge >= 0.3 is 0 Å². The standard InChI is InChI=1S/C25H39N3/c1-4-28(5-2,23-25-14-10-7-11-15-25)21-18-26-16-19-27(3,20-17-26)22-24-12-8-6-9-13-24/h6-15H,4-5,16-23H2,1-3H3/q+2. The molecular formula is C25H39N3+2. The van der Waals surface area contributed by atoms with Crippen LogP contribution in [0.5, 0.6) is 0 Å². The molecule has 3 nitrogen and oxygen atoms in total. The summed E-state index contributed by atoms with van der Waals surface area (Å²) >= 11 is 0. The van der Waals surface area contributed by atoms with E-state index in [1.807, 2.05) is 0 Å². The van der Waals surface area contributed by atoms with E-state index < -0.39 is 0 Å². The zero-order chi connectivity index (χ0) is 19.9. The summed E-state index contributed by atoms with van der Waals surface area (Å²) in [6.45, 7) is 16.9. The van der Waals surface area contributed by atoms with E-state index in [0.29, 0.717) is 0 Å². The van der Waals surface area contributed by atoms with Crippen molar-refractivity contribution in [2.45, 2.75) is 26.9 Å². The number of quaternary nitrogens is 2. The summed E-state index contributed by atoms with van der Waals surface area (Å²) in [5, 5.41) is 0. The zero-order valence-electron chi connectivity index (χ0n) is 18.2. The van der Waals surface area contributed by atoms with Crippen molar-refractivity contribution in [2.24, 2.45) is 0 Å². The molecule has 0 aliphatic carbocycles. The van der Waals surface area contributed by atoms with E-state index in [4.69, 9.17) is 0 Å². The van der Waals surface area contributed by atoms with Crippen LogP contribution in [-0.2, 0) is 13.1 Å². The van der Waals surface area contributed by atoms with Gasteiger partial charge in [0, 0.05) is 30.8 Å². The normalized spacial score (nSPS) is 17.5. The lowest BCUT2D eigenvalue weighted by atomic mass is 10.1. The van der Waals surface area contributed by atoms with Crippen molar-refractivity contribution in [3.05, 3.63) is 71.8 Å². The second-order valence-corrected chi connectivity index (χ2v) is 8.89. The first-order valence-electron chi connectivity index (χ1n) is 11.1. The molecular weight excluding hydrogens is 342 g/mol. The van der Waals surface area contributed by atoms with Gasteiger partial charge in [-0.15, -0.1) is 0 Å². The van der Waals surface area contributed by atoms with Crippen molar-refractivity contribution < 1.29 is 8.97 Å². The van der Waals surface area contributed by atoms with Gasteiger partial charge in [0.2, 0.25) is 0 Å². The maximum Gasteiger partial charge on any atom is 0.104 e. The summed E-state index contributed by atoms with van der Waals surface area (Å²) in [6, 6.07) is 22.0. The summed E-state index contributed by atoms with van der Waals surface area (Å²) in [5.74, 6) is 0. The first kappa shape index (κ1) is 21.0. The molecule has 0 bridgehead atoms. The topological polar surface area (TPSA) is 3.24 Å². The summed E-state index contributed by atoms with van der Waals surface area (Å²) < 4.78 is 2.36. The molecule has 0 unspecified atom stereocenters. The molecule has 1 aliphatic heterocycles. The third-order valence-electron chi connectivity index (χ3n) is 6.91. The van der Waals surface area contributed by atoms with Gasteiger partial charge in [0.25, 0.3) is 0 Å². The molecule has 2 aromatic rings. The van der Waals surface area contributed by atoms with Crippen LogP contribution in [0.3, 0.4) is 0 Å². The Morgan fingerprint density at radius 3 is 1.89 bits per heavy atom. The molecule has 0 amide bonds. The highest BCUT2D eigenvalue weighted by molar-refractivity contribution is 5.14. The number of nitrogens with zero attached hydrogens (tertiary/aromatic N) is 3. The molecule has 28 heavy (non-hydrogen) atoms. The van der Waals surface area contributed by atoms with Crippen molar-refractivity contribution in [3.8, 4) is 0 Å². The van der Waals surface area contributed by atoms with E-state index in [-0.39, 0.29) is 0 Å². The lowest BCUT2D eigenvalue weighted by molar-refractivity contribution is -0.939. The Bertz CT molecular complexity index is 686. The van der Waals surface area contributed by atoms with Crippen LogP contribution < -0.4 is 0 Å². The fourth-order valence-electron chi connectivity index (χ4n) is 4.56. The van der Waals surface area contributed by atoms with Gasteiger partial charge in [0.05, 0.1) is 39.8 Å². The highest BCUT2D eigenvalue weighted by Gasteiger charge is 2.31. The van der Waals surface area contributed by atoms with E-state index in [1.165, 1.54) is 72.5 Å². The number of hydrogen-bond donors (Lipinski definition) is 0. The summed E-state index contributed by atoms with van der Waals surface area (Å²) in [5.41, 5.74) is 2.94. The number of rotatable bonds is 9. The molecule has 0 radical (unpaired) electrons. The van der Waals surface area contributed by atoms with Gasteiger partial charge in [-0.3, -0.25) is 4.90 Å². The molecule has 0 saturated carbocycles. The number of hydrogen-bond acceptors (Lipinski definition) is 1. The minimum absolute atomic E-state index is 1.16. The molecule has 3 rings (SSSR count). The third kappa shape index (κ3) is 5.66. The molecule has 0 aromatic heterocycles. The van der Waals surface area contributed by atoms with Crippen LogP contribution in [-0.4, -0.2) is 73.3 Å². The predicted octanol–water partition coefficient (Wildman–Crippen LogP) is 4.01. The maximum absolute atomic E-state index is 2.70. The van der Waals surface area contributed by atoms with E-state index in [0.717, 1.165) is 13.1 Å². The van der Waals surface area contributed by atoms with Crippen LogP contribution in [0, 0.1) is 0 Å². The molecule has 1 aliphatic rings. The average molecular weight is 382 g/mol. The summed E-state index contributed by atoms with van der Waals surface area (Å²) in [4.78, 5) is 2.70. The van der Waals surface area contributed by atoms with Gasteiger partial charge in [0.15, 0.2) is 0 Å². The molecule has 1 fully saturated rings. The maximum atomic E-state index is 2.70. The minimum atomic E-state index is 1.16. The molecule has 3 heteroatoms. The second-order valence-electron chi connectivity index (χ2n) is 8.89.